The first-order valence-corrected chi connectivity index (χ1v) is 8.16. The average molecular weight is 330 g/mol. The average Bonchev–Trinajstić information content (AvgIpc) is 3.27. The van der Waals surface area contributed by atoms with E-state index >= 15 is 0 Å². The Labute approximate surface area is 141 Å². The smallest absolute Gasteiger partial charge is 0.318 e. The van der Waals surface area contributed by atoms with E-state index in [0.29, 0.717) is 31.0 Å². The molecule has 0 unspecified atom stereocenters. The number of ether oxygens (including phenoxy) is 1. The summed E-state index contributed by atoms with van der Waals surface area (Å²) in [7, 11) is 0. The van der Waals surface area contributed by atoms with E-state index in [4.69, 9.17) is 9.15 Å². The first-order valence-electron chi connectivity index (χ1n) is 8.16. The second-order valence-electron chi connectivity index (χ2n) is 5.89. The number of para-hydroxylation sites is 1. The molecule has 1 aromatic heterocycles. The quantitative estimate of drug-likeness (QED) is 0.854. The summed E-state index contributed by atoms with van der Waals surface area (Å²) in [5.41, 5.74) is 0.691. The van der Waals surface area contributed by atoms with Gasteiger partial charge in [-0.15, -0.1) is 0 Å². The highest BCUT2D eigenvalue weighted by Gasteiger charge is 2.20. The molecular formula is C18H22N2O4. The lowest BCUT2D eigenvalue weighted by Crippen LogP contribution is -2.42. The van der Waals surface area contributed by atoms with Gasteiger partial charge in [-0.25, -0.2) is 4.79 Å². The van der Waals surface area contributed by atoms with Crippen molar-refractivity contribution in [3.8, 4) is 5.75 Å². The molecule has 0 radical (unpaired) electrons. The summed E-state index contributed by atoms with van der Waals surface area (Å²) in [4.78, 5) is 14.2. The molecule has 3 rings (SSSR count). The molecule has 0 saturated carbocycles. The lowest BCUT2D eigenvalue weighted by molar-refractivity contribution is 0.108. The Balaban J connectivity index is 1.66. The lowest BCUT2D eigenvalue weighted by Gasteiger charge is -2.23. The van der Waals surface area contributed by atoms with Crippen molar-refractivity contribution in [2.24, 2.45) is 0 Å². The summed E-state index contributed by atoms with van der Waals surface area (Å²) in [5, 5.41) is 12.9. The zero-order valence-electron chi connectivity index (χ0n) is 13.5. The van der Waals surface area contributed by atoms with Gasteiger partial charge in [-0.05, 0) is 31.0 Å². The van der Waals surface area contributed by atoms with Crippen LogP contribution in [0.4, 0.5) is 4.79 Å². The predicted octanol–water partition coefficient (Wildman–Crippen LogP) is 2.88. The number of aromatic hydroxyl groups is 1. The number of furan rings is 1. The fraction of sp³-hybridized carbons (Fsp3) is 0.389. The van der Waals surface area contributed by atoms with Crippen LogP contribution in [0.5, 0.6) is 5.75 Å². The van der Waals surface area contributed by atoms with Crippen LogP contribution in [0.1, 0.15) is 24.2 Å². The number of hydrogen-bond donors (Lipinski definition) is 2. The van der Waals surface area contributed by atoms with E-state index in [9.17, 15) is 9.90 Å². The SMILES string of the molecule is O=C(NC[C@@H]1CCCO1)N(Cc1ccco1)Cc1ccccc1O. The largest absolute Gasteiger partial charge is 0.508 e. The Bertz CT molecular complexity index is 651. The number of amides is 2. The van der Waals surface area contributed by atoms with Crippen LogP contribution in [0.3, 0.4) is 0 Å². The van der Waals surface area contributed by atoms with Crippen LogP contribution >= 0.6 is 0 Å². The number of benzene rings is 1. The molecule has 2 amide bonds. The Morgan fingerprint density at radius 1 is 1.25 bits per heavy atom. The van der Waals surface area contributed by atoms with E-state index in [2.05, 4.69) is 5.32 Å². The van der Waals surface area contributed by atoms with Crippen LogP contribution in [0.15, 0.2) is 47.1 Å². The van der Waals surface area contributed by atoms with Crippen molar-refractivity contribution in [1.82, 2.24) is 10.2 Å². The second-order valence-corrected chi connectivity index (χ2v) is 5.89. The van der Waals surface area contributed by atoms with Crippen LogP contribution in [-0.2, 0) is 17.8 Å². The summed E-state index contributed by atoms with van der Waals surface area (Å²) < 4.78 is 10.9. The molecule has 1 aliphatic rings. The minimum absolute atomic E-state index is 0.0875. The lowest BCUT2D eigenvalue weighted by atomic mass is 10.2. The number of nitrogens with one attached hydrogen (secondary N) is 1. The zero-order valence-corrected chi connectivity index (χ0v) is 13.5. The first-order chi connectivity index (χ1) is 11.7. The molecule has 2 N–H and O–H groups in total. The van der Waals surface area contributed by atoms with Gasteiger partial charge in [0, 0.05) is 18.7 Å². The number of rotatable bonds is 6. The van der Waals surface area contributed by atoms with Gasteiger partial charge in [0.2, 0.25) is 0 Å². The van der Waals surface area contributed by atoms with Crippen molar-refractivity contribution >= 4 is 6.03 Å². The maximum atomic E-state index is 12.6. The second kappa shape index (κ2) is 7.88. The summed E-state index contributed by atoms with van der Waals surface area (Å²) in [6, 6.07) is 10.4. The molecule has 1 atom stereocenters. The zero-order chi connectivity index (χ0) is 16.8. The Hall–Kier alpha value is -2.47. The van der Waals surface area contributed by atoms with Gasteiger partial charge in [0.1, 0.15) is 11.5 Å². The van der Waals surface area contributed by atoms with Crippen molar-refractivity contribution in [2.75, 3.05) is 13.2 Å². The Kier molecular flexibility index (Phi) is 5.38. The Morgan fingerprint density at radius 2 is 2.12 bits per heavy atom. The number of carbonyl (C=O) groups is 1. The number of hydrogen-bond acceptors (Lipinski definition) is 4. The third-order valence-corrected chi connectivity index (χ3v) is 4.07. The summed E-state index contributed by atoms with van der Waals surface area (Å²) in [6.45, 7) is 1.88. The molecule has 24 heavy (non-hydrogen) atoms. The molecule has 1 fully saturated rings. The predicted molar refractivity (Wildman–Crippen MR) is 88.4 cm³/mol. The molecule has 2 aromatic rings. The van der Waals surface area contributed by atoms with Crippen LogP contribution < -0.4 is 5.32 Å². The number of urea groups is 1. The van der Waals surface area contributed by atoms with Gasteiger partial charge in [-0.3, -0.25) is 0 Å². The Morgan fingerprint density at radius 3 is 2.83 bits per heavy atom. The van der Waals surface area contributed by atoms with Gasteiger partial charge < -0.3 is 24.5 Å². The summed E-state index contributed by atoms with van der Waals surface area (Å²) in [6.07, 6.45) is 3.68. The van der Waals surface area contributed by atoms with Crippen LogP contribution in [0.25, 0.3) is 0 Å². The minimum atomic E-state index is -0.204. The van der Waals surface area contributed by atoms with Crippen molar-refractivity contribution in [3.63, 3.8) is 0 Å². The van der Waals surface area contributed by atoms with E-state index in [1.165, 1.54) is 0 Å². The molecule has 0 spiro atoms. The van der Waals surface area contributed by atoms with Gasteiger partial charge in [0.05, 0.1) is 25.5 Å². The molecule has 1 aliphatic heterocycles. The van der Waals surface area contributed by atoms with Crippen LogP contribution in [0.2, 0.25) is 0 Å². The van der Waals surface area contributed by atoms with E-state index in [1.54, 1.807) is 35.4 Å². The van der Waals surface area contributed by atoms with Crippen molar-refractivity contribution in [3.05, 3.63) is 54.0 Å². The molecule has 6 nitrogen and oxygen atoms in total. The van der Waals surface area contributed by atoms with Gasteiger partial charge >= 0.3 is 6.03 Å². The number of carbonyl (C=O) groups excluding carboxylic acids is 1. The van der Waals surface area contributed by atoms with Crippen LogP contribution in [0, 0.1) is 0 Å². The highest BCUT2D eigenvalue weighted by molar-refractivity contribution is 5.74. The van der Waals surface area contributed by atoms with Crippen molar-refractivity contribution in [1.29, 1.82) is 0 Å². The standard InChI is InChI=1S/C18H22N2O4/c21-17-8-2-1-5-14(17)12-20(13-16-7-4-10-24-16)18(22)19-11-15-6-3-9-23-15/h1-2,4-5,7-8,10,15,21H,3,6,9,11-13H2,(H,19,22)/t15-/m0/s1. The molecule has 128 valence electrons. The molecule has 1 aromatic carbocycles. The van der Waals surface area contributed by atoms with Gasteiger partial charge in [0.25, 0.3) is 0 Å². The monoisotopic (exact) mass is 330 g/mol. The van der Waals surface area contributed by atoms with Gasteiger partial charge in [-0.1, -0.05) is 18.2 Å². The maximum absolute atomic E-state index is 12.6. The summed E-state index contributed by atoms with van der Waals surface area (Å²) in [5.74, 6) is 0.867. The molecule has 0 bridgehead atoms. The highest BCUT2D eigenvalue weighted by Crippen LogP contribution is 2.19. The molecule has 1 saturated heterocycles. The highest BCUT2D eigenvalue weighted by atomic mass is 16.5. The molecule has 2 heterocycles. The minimum Gasteiger partial charge on any atom is -0.508 e. The van der Waals surface area contributed by atoms with E-state index in [1.807, 2.05) is 12.1 Å². The molecule has 6 heteroatoms. The third-order valence-electron chi connectivity index (χ3n) is 4.07. The topological polar surface area (TPSA) is 74.9 Å². The van der Waals surface area contributed by atoms with Crippen LogP contribution in [-0.4, -0.2) is 35.3 Å². The molecular weight excluding hydrogens is 308 g/mol. The van der Waals surface area contributed by atoms with E-state index in [0.717, 1.165) is 19.4 Å². The van der Waals surface area contributed by atoms with E-state index < -0.39 is 0 Å². The van der Waals surface area contributed by atoms with Gasteiger partial charge in [-0.2, -0.15) is 0 Å². The fourth-order valence-electron chi connectivity index (χ4n) is 2.76. The van der Waals surface area contributed by atoms with Gasteiger partial charge in [0.15, 0.2) is 0 Å². The van der Waals surface area contributed by atoms with Crippen molar-refractivity contribution < 1.29 is 19.1 Å². The van der Waals surface area contributed by atoms with E-state index in [-0.39, 0.29) is 17.9 Å². The number of nitrogens with zero attached hydrogens (tertiary/aromatic N) is 1. The fourth-order valence-corrected chi connectivity index (χ4v) is 2.76. The first kappa shape index (κ1) is 16.4. The summed E-state index contributed by atoms with van der Waals surface area (Å²) >= 11 is 0. The number of phenolic OH excluding ortho intramolecular Hbond substituents is 1. The molecule has 0 aliphatic carbocycles. The third kappa shape index (κ3) is 4.29. The number of phenols is 1. The maximum Gasteiger partial charge on any atom is 0.318 e. The normalized spacial score (nSPS) is 16.9. The van der Waals surface area contributed by atoms with Crippen molar-refractivity contribution in [2.45, 2.75) is 32.0 Å².